The summed E-state index contributed by atoms with van der Waals surface area (Å²) >= 11 is 0. The maximum absolute atomic E-state index is 4.44. The number of hydrogen-bond donors (Lipinski definition) is 1. The van der Waals surface area contributed by atoms with Crippen LogP contribution in [0.5, 0.6) is 0 Å². The first kappa shape index (κ1) is 8.86. The lowest BCUT2D eigenvalue weighted by molar-refractivity contribution is 0.469. The lowest BCUT2D eigenvalue weighted by atomic mass is 9.83. The lowest BCUT2D eigenvalue weighted by Crippen LogP contribution is -2.43. The van der Waals surface area contributed by atoms with Gasteiger partial charge in [-0.25, -0.2) is 0 Å². The van der Waals surface area contributed by atoms with Crippen LogP contribution < -0.4 is 5.32 Å². The van der Waals surface area contributed by atoms with Crippen LogP contribution in [0.4, 0.5) is 0 Å². The van der Waals surface area contributed by atoms with E-state index in [1.54, 1.807) is 0 Å². The van der Waals surface area contributed by atoms with E-state index in [2.05, 4.69) is 59.9 Å². The molecule has 1 aliphatic heterocycles. The molecule has 0 bridgehead atoms. The first-order chi connectivity index (χ1) is 7.34. The Morgan fingerprint density at radius 2 is 2.13 bits per heavy atom. The van der Waals surface area contributed by atoms with Crippen LogP contribution >= 0.6 is 0 Å². The molecule has 2 aliphatic rings. The molecule has 3 unspecified atom stereocenters. The van der Waals surface area contributed by atoms with Gasteiger partial charge in [0.2, 0.25) is 0 Å². The van der Waals surface area contributed by atoms with Crippen molar-refractivity contribution in [2.24, 2.45) is 4.99 Å². The van der Waals surface area contributed by atoms with Crippen molar-refractivity contribution in [3.8, 4) is 0 Å². The first-order valence-electron chi connectivity index (χ1n) is 5.41. The Morgan fingerprint density at radius 1 is 1.27 bits per heavy atom. The van der Waals surface area contributed by atoms with Gasteiger partial charge < -0.3 is 0 Å². The molecule has 1 aliphatic carbocycles. The summed E-state index contributed by atoms with van der Waals surface area (Å²) in [5.41, 5.74) is 2.70. The fourth-order valence-electron chi connectivity index (χ4n) is 2.36. The van der Waals surface area contributed by atoms with E-state index in [0.29, 0.717) is 12.0 Å². The zero-order valence-corrected chi connectivity index (χ0v) is 8.72. The largest absolute Gasteiger partial charge is 0.289 e. The number of rotatable bonds is 0. The SMILES string of the molecule is CC1N=CC2c3ccccc3C=CC2N1. The van der Waals surface area contributed by atoms with E-state index in [1.807, 2.05) is 0 Å². The summed E-state index contributed by atoms with van der Waals surface area (Å²) in [4.78, 5) is 4.44. The third-order valence-electron chi connectivity index (χ3n) is 3.13. The quantitative estimate of drug-likeness (QED) is 0.679. The van der Waals surface area contributed by atoms with E-state index >= 15 is 0 Å². The van der Waals surface area contributed by atoms with Crippen molar-refractivity contribution in [2.45, 2.75) is 25.0 Å². The van der Waals surface area contributed by atoms with Gasteiger partial charge in [0.1, 0.15) is 0 Å². The van der Waals surface area contributed by atoms with E-state index in [9.17, 15) is 0 Å². The molecule has 1 N–H and O–H groups in total. The molecule has 2 nitrogen and oxygen atoms in total. The highest BCUT2D eigenvalue weighted by Crippen LogP contribution is 2.30. The highest BCUT2D eigenvalue weighted by atomic mass is 15.1. The summed E-state index contributed by atoms with van der Waals surface area (Å²) in [6.45, 7) is 2.08. The number of nitrogens with one attached hydrogen (secondary N) is 1. The zero-order chi connectivity index (χ0) is 10.3. The molecular formula is C13H14N2. The molecule has 0 fully saturated rings. The maximum Gasteiger partial charge on any atom is 0.0966 e. The Bertz CT molecular complexity index is 434. The van der Waals surface area contributed by atoms with Crippen molar-refractivity contribution in [1.29, 1.82) is 0 Å². The second-order valence-corrected chi connectivity index (χ2v) is 4.18. The second kappa shape index (κ2) is 3.31. The molecule has 76 valence electrons. The van der Waals surface area contributed by atoms with Gasteiger partial charge in [0.15, 0.2) is 0 Å². The van der Waals surface area contributed by atoms with Crippen LogP contribution in [-0.4, -0.2) is 18.4 Å². The smallest absolute Gasteiger partial charge is 0.0966 e. The Hall–Kier alpha value is -1.41. The Balaban J connectivity index is 2.08. The van der Waals surface area contributed by atoms with Gasteiger partial charge >= 0.3 is 0 Å². The summed E-state index contributed by atoms with van der Waals surface area (Å²) in [7, 11) is 0. The van der Waals surface area contributed by atoms with Crippen LogP contribution in [0.1, 0.15) is 24.0 Å². The van der Waals surface area contributed by atoms with Gasteiger partial charge in [0.05, 0.1) is 6.17 Å². The lowest BCUT2D eigenvalue weighted by Gasteiger charge is -2.33. The summed E-state index contributed by atoms with van der Waals surface area (Å²) < 4.78 is 0. The van der Waals surface area contributed by atoms with Gasteiger partial charge in [-0.1, -0.05) is 36.4 Å². The molecule has 15 heavy (non-hydrogen) atoms. The van der Waals surface area contributed by atoms with Crippen molar-refractivity contribution >= 4 is 12.3 Å². The van der Waals surface area contributed by atoms with Gasteiger partial charge in [-0.2, -0.15) is 0 Å². The molecule has 0 radical (unpaired) electrons. The third-order valence-corrected chi connectivity index (χ3v) is 3.13. The minimum absolute atomic E-state index is 0.237. The molecule has 1 aromatic carbocycles. The molecule has 0 saturated carbocycles. The van der Waals surface area contributed by atoms with Crippen LogP contribution in [0.2, 0.25) is 0 Å². The van der Waals surface area contributed by atoms with Crippen molar-refractivity contribution in [3.63, 3.8) is 0 Å². The topological polar surface area (TPSA) is 24.4 Å². The highest BCUT2D eigenvalue weighted by Gasteiger charge is 2.27. The molecule has 0 amide bonds. The van der Waals surface area contributed by atoms with E-state index in [4.69, 9.17) is 0 Å². The van der Waals surface area contributed by atoms with Crippen LogP contribution in [0.15, 0.2) is 35.3 Å². The van der Waals surface area contributed by atoms with Gasteiger partial charge in [0.25, 0.3) is 0 Å². The zero-order valence-electron chi connectivity index (χ0n) is 8.72. The minimum Gasteiger partial charge on any atom is -0.289 e. The molecule has 1 heterocycles. The molecule has 1 aromatic rings. The number of nitrogens with zero attached hydrogens (tertiary/aromatic N) is 1. The molecular weight excluding hydrogens is 184 g/mol. The summed E-state index contributed by atoms with van der Waals surface area (Å²) in [5, 5.41) is 3.47. The standard InChI is InChI=1S/C13H14N2/c1-9-14-8-12-11-5-3-2-4-10(11)6-7-13(12)15-9/h2-9,12-13,15H,1H3. The number of hydrogen-bond acceptors (Lipinski definition) is 2. The molecule has 3 rings (SSSR count). The Kier molecular flexibility index (Phi) is 1.96. The van der Waals surface area contributed by atoms with Crippen molar-refractivity contribution in [3.05, 3.63) is 41.5 Å². The normalized spacial score (nSPS) is 32.2. The number of fused-ring (bicyclic) bond motifs is 3. The van der Waals surface area contributed by atoms with Gasteiger partial charge in [-0.05, 0) is 18.1 Å². The van der Waals surface area contributed by atoms with E-state index in [0.717, 1.165) is 0 Å². The van der Waals surface area contributed by atoms with Crippen LogP contribution in [0, 0.1) is 0 Å². The summed E-state index contributed by atoms with van der Waals surface area (Å²) in [6, 6.07) is 8.95. The number of aliphatic imine (C=N–C) groups is 1. The predicted octanol–water partition coefficient (Wildman–Crippen LogP) is 2.19. The summed E-state index contributed by atoms with van der Waals surface area (Å²) in [6.07, 6.45) is 6.78. The average molecular weight is 198 g/mol. The molecule has 3 atom stereocenters. The van der Waals surface area contributed by atoms with E-state index in [-0.39, 0.29) is 6.17 Å². The van der Waals surface area contributed by atoms with Crippen molar-refractivity contribution in [2.75, 3.05) is 0 Å². The third kappa shape index (κ3) is 1.41. The Labute approximate surface area is 89.7 Å². The van der Waals surface area contributed by atoms with Gasteiger partial charge in [-0.3, -0.25) is 10.3 Å². The molecule has 0 saturated heterocycles. The predicted molar refractivity (Wildman–Crippen MR) is 63.1 cm³/mol. The first-order valence-corrected chi connectivity index (χ1v) is 5.41. The molecule has 0 spiro atoms. The molecule has 2 heteroatoms. The van der Waals surface area contributed by atoms with E-state index in [1.165, 1.54) is 11.1 Å². The van der Waals surface area contributed by atoms with Crippen LogP contribution in [0.25, 0.3) is 6.08 Å². The van der Waals surface area contributed by atoms with Gasteiger partial charge in [-0.15, -0.1) is 0 Å². The maximum atomic E-state index is 4.44. The number of benzene rings is 1. The molecule has 0 aromatic heterocycles. The van der Waals surface area contributed by atoms with E-state index < -0.39 is 0 Å². The van der Waals surface area contributed by atoms with Crippen LogP contribution in [-0.2, 0) is 0 Å². The highest BCUT2D eigenvalue weighted by molar-refractivity contribution is 5.76. The van der Waals surface area contributed by atoms with Crippen molar-refractivity contribution < 1.29 is 0 Å². The van der Waals surface area contributed by atoms with Crippen molar-refractivity contribution in [1.82, 2.24) is 5.32 Å². The van der Waals surface area contributed by atoms with Crippen LogP contribution in [0.3, 0.4) is 0 Å². The monoisotopic (exact) mass is 198 g/mol. The Morgan fingerprint density at radius 3 is 3.07 bits per heavy atom. The fourth-order valence-corrected chi connectivity index (χ4v) is 2.36. The second-order valence-electron chi connectivity index (χ2n) is 4.18. The van der Waals surface area contributed by atoms with Gasteiger partial charge in [0, 0.05) is 18.2 Å². The minimum atomic E-state index is 0.237. The summed E-state index contributed by atoms with van der Waals surface area (Å²) in [5.74, 6) is 0.405. The average Bonchev–Trinajstić information content (AvgIpc) is 2.28. The fraction of sp³-hybridized carbons (Fsp3) is 0.308.